The topological polar surface area (TPSA) is 99.4 Å². The van der Waals surface area contributed by atoms with E-state index in [1.807, 2.05) is 12.1 Å². The highest BCUT2D eigenvalue weighted by Crippen LogP contribution is 2.32. The molecule has 3 aromatic rings. The van der Waals surface area contributed by atoms with Crippen molar-refractivity contribution in [2.75, 3.05) is 20.8 Å². The van der Waals surface area contributed by atoms with Crippen LogP contribution in [0.4, 0.5) is 0 Å². The number of thiazole rings is 1. The van der Waals surface area contributed by atoms with Gasteiger partial charge in [-0.25, -0.2) is 9.79 Å². The molecule has 176 valence electrons. The molecule has 0 unspecified atom stereocenters. The van der Waals surface area contributed by atoms with Crippen LogP contribution in [-0.4, -0.2) is 36.5 Å². The van der Waals surface area contributed by atoms with Crippen molar-refractivity contribution >= 4 is 23.4 Å². The van der Waals surface area contributed by atoms with Crippen LogP contribution in [0, 0.1) is 0 Å². The summed E-state index contributed by atoms with van der Waals surface area (Å²) in [7, 11) is 3.02. The third-order valence-corrected chi connectivity index (χ3v) is 6.41. The second-order valence-electron chi connectivity index (χ2n) is 7.51. The van der Waals surface area contributed by atoms with Gasteiger partial charge in [0.25, 0.3) is 5.56 Å². The van der Waals surface area contributed by atoms with Gasteiger partial charge in [-0.15, -0.1) is 0 Å². The molecule has 0 saturated carbocycles. The molecule has 8 nitrogen and oxygen atoms in total. The summed E-state index contributed by atoms with van der Waals surface area (Å²) < 4.78 is 17.7. The maximum atomic E-state index is 13.6. The van der Waals surface area contributed by atoms with Gasteiger partial charge in [-0.2, -0.15) is 0 Å². The minimum absolute atomic E-state index is 0.0290. The van der Waals surface area contributed by atoms with Crippen LogP contribution in [0.1, 0.15) is 31.0 Å². The van der Waals surface area contributed by atoms with Crippen LogP contribution in [0.25, 0.3) is 6.08 Å². The summed E-state index contributed by atoms with van der Waals surface area (Å²) in [5.41, 5.74) is 1.81. The van der Waals surface area contributed by atoms with Crippen molar-refractivity contribution in [1.82, 2.24) is 4.57 Å². The molecule has 1 aliphatic heterocycles. The molecule has 4 rings (SSSR count). The van der Waals surface area contributed by atoms with Gasteiger partial charge in [-0.1, -0.05) is 29.5 Å². The number of aromatic hydroxyl groups is 1. The van der Waals surface area contributed by atoms with Crippen molar-refractivity contribution in [3.05, 3.63) is 84.5 Å². The molecule has 0 amide bonds. The van der Waals surface area contributed by atoms with E-state index < -0.39 is 12.0 Å². The normalized spacial score (nSPS) is 15.5. The van der Waals surface area contributed by atoms with Crippen LogP contribution >= 0.6 is 11.3 Å². The highest BCUT2D eigenvalue weighted by Gasteiger charge is 2.33. The van der Waals surface area contributed by atoms with Crippen LogP contribution < -0.4 is 24.4 Å². The van der Waals surface area contributed by atoms with E-state index in [1.54, 1.807) is 51.3 Å². The summed E-state index contributed by atoms with van der Waals surface area (Å²) in [5, 5.41) is 10.1. The second kappa shape index (κ2) is 9.56. The Morgan fingerprint density at radius 2 is 2.00 bits per heavy atom. The maximum Gasteiger partial charge on any atom is 0.338 e. The van der Waals surface area contributed by atoms with Gasteiger partial charge in [0.05, 0.1) is 42.7 Å². The molecule has 1 aliphatic rings. The minimum Gasteiger partial charge on any atom is -0.504 e. The average molecular weight is 481 g/mol. The molecule has 1 aromatic heterocycles. The van der Waals surface area contributed by atoms with E-state index in [2.05, 4.69) is 4.99 Å². The fraction of sp³-hybridized carbons (Fsp3) is 0.240. The average Bonchev–Trinajstić information content (AvgIpc) is 3.12. The first-order valence-corrected chi connectivity index (χ1v) is 11.4. The molecule has 0 bridgehead atoms. The van der Waals surface area contributed by atoms with Crippen molar-refractivity contribution in [2.24, 2.45) is 4.99 Å². The Morgan fingerprint density at radius 1 is 1.21 bits per heavy atom. The second-order valence-corrected chi connectivity index (χ2v) is 8.52. The first-order valence-electron chi connectivity index (χ1n) is 10.6. The van der Waals surface area contributed by atoms with E-state index in [0.29, 0.717) is 43.2 Å². The van der Waals surface area contributed by atoms with Crippen LogP contribution in [0.2, 0.25) is 0 Å². The molecule has 0 spiro atoms. The number of rotatable bonds is 6. The van der Waals surface area contributed by atoms with Gasteiger partial charge in [-0.3, -0.25) is 9.36 Å². The van der Waals surface area contributed by atoms with Gasteiger partial charge in [0, 0.05) is 0 Å². The summed E-state index contributed by atoms with van der Waals surface area (Å²) in [6.45, 7) is 3.66. The van der Waals surface area contributed by atoms with Crippen LogP contribution in [0.15, 0.2) is 63.5 Å². The fourth-order valence-corrected chi connectivity index (χ4v) is 4.91. The SMILES string of the molecule is CCOC(=O)C1=C(C)N=c2sc(=Cc3ccc(OC)c(O)c3)c(=O)n2[C@@H]1c1cccc(OC)c1. The molecular weight excluding hydrogens is 456 g/mol. The number of benzene rings is 2. The number of hydrogen-bond acceptors (Lipinski definition) is 8. The molecule has 2 aromatic carbocycles. The molecule has 1 N–H and O–H groups in total. The van der Waals surface area contributed by atoms with Crippen molar-refractivity contribution in [3.8, 4) is 17.2 Å². The predicted octanol–water partition coefficient (Wildman–Crippen LogP) is 2.52. The number of fused-ring (bicyclic) bond motifs is 1. The summed E-state index contributed by atoms with van der Waals surface area (Å²) in [5.74, 6) is 0.391. The Morgan fingerprint density at radius 3 is 2.68 bits per heavy atom. The summed E-state index contributed by atoms with van der Waals surface area (Å²) in [4.78, 5) is 31.5. The van der Waals surface area contributed by atoms with Gasteiger partial charge in [-0.05, 0) is 55.3 Å². The Hall–Kier alpha value is -3.85. The van der Waals surface area contributed by atoms with Gasteiger partial charge >= 0.3 is 5.97 Å². The Balaban J connectivity index is 1.94. The van der Waals surface area contributed by atoms with Crippen molar-refractivity contribution in [1.29, 1.82) is 0 Å². The first kappa shape index (κ1) is 23.3. The van der Waals surface area contributed by atoms with E-state index in [9.17, 15) is 14.7 Å². The lowest BCUT2D eigenvalue weighted by atomic mass is 9.95. The molecule has 0 radical (unpaired) electrons. The zero-order valence-electron chi connectivity index (χ0n) is 19.2. The van der Waals surface area contributed by atoms with Crippen LogP contribution in [-0.2, 0) is 9.53 Å². The molecule has 0 saturated heterocycles. The minimum atomic E-state index is -0.725. The number of phenolic OH excluding ortho intramolecular Hbond substituents is 1. The number of esters is 1. The molecular formula is C25H24N2O6S. The molecule has 2 heterocycles. The molecule has 0 fully saturated rings. The van der Waals surface area contributed by atoms with E-state index >= 15 is 0 Å². The summed E-state index contributed by atoms with van der Waals surface area (Å²) in [6.07, 6.45) is 1.68. The van der Waals surface area contributed by atoms with Gasteiger partial charge in [0.1, 0.15) is 5.75 Å². The van der Waals surface area contributed by atoms with E-state index in [1.165, 1.54) is 29.1 Å². The standard InChI is InChI=1S/C25H24N2O6S/c1-5-33-24(30)21-14(2)26-25-27(22(21)16-7-6-8-17(13-16)31-3)23(29)20(34-25)12-15-9-10-19(32-4)18(28)11-15/h6-13,22,28H,5H2,1-4H3/t22-/m1/s1. The van der Waals surface area contributed by atoms with E-state index in [-0.39, 0.29) is 17.9 Å². The summed E-state index contributed by atoms with van der Waals surface area (Å²) in [6, 6.07) is 11.4. The molecule has 9 heteroatoms. The monoisotopic (exact) mass is 480 g/mol. The number of hydrogen-bond donors (Lipinski definition) is 1. The van der Waals surface area contributed by atoms with Crippen LogP contribution in [0.5, 0.6) is 17.2 Å². The molecule has 1 atom stereocenters. The third kappa shape index (κ3) is 4.22. The van der Waals surface area contributed by atoms with Crippen molar-refractivity contribution < 1.29 is 24.1 Å². The highest BCUT2D eigenvalue weighted by molar-refractivity contribution is 7.07. The highest BCUT2D eigenvalue weighted by atomic mass is 32.1. The molecule has 0 aliphatic carbocycles. The Bertz CT molecular complexity index is 1470. The Kier molecular flexibility index (Phi) is 6.56. The number of phenols is 1. The number of methoxy groups -OCH3 is 2. The van der Waals surface area contributed by atoms with Gasteiger partial charge in [0.2, 0.25) is 0 Å². The van der Waals surface area contributed by atoms with Crippen molar-refractivity contribution in [3.63, 3.8) is 0 Å². The van der Waals surface area contributed by atoms with E-state index in [4.69, 9.17) is 14.2 Å². The number of carbonyl (C=O) groups excluding carboxylic acids is 1. The fourth-order valence-electron chi connectivity index (χ4n) is 3.87. The number of carbonyl (C=O) groups is 1. The zero-order chi connectivity index (χ0) is 24.4. The summed E-state index contributed by atoms with van der Waals surface area (Å²) >= 11 is 1.21. The predicted molar refractivity (Wildman–Crippen MR) is 128 cm³/mol. The van der Waals surface area contributed by atoms with Crippen molar-refractivity contribution in [2.45, 2.75) is 19.9 Å². The number of nitrogens with zero attached hydrogens (tertiary/aromatic N) is 2. The van der Waals surface area contributed by atoms with Gasteiger partial charge < -0.3 is 19.3 Å². The first-order chi connectivity index (χ1) is 16.4. The number of ether oxygens (including phenoxy) is 3. The Labute approximate surface area is 199 Å². The van der Waals surface area contributed by atoms with E-state index in [0.717, 1.165) is 0 Å². The zero-order valence-corrected chi connectivity index (χ0v) is 20.0. The number of allylic oxidation sites excluding steroid dienone is 1. The lowest BCUT2D eigenvalue weighted by molar-refractivity contribution is -0.139. The lowest BCUT2D eigenvalue weighted by Crippen LogP contribution is -2.39. The van der Waals surface area contributed by atoms with Gasteiger partial charge in [0.15, 0.2) is 16.3 Å². The molecule has 34 heavy (non-hydrogen) atoms. The largest absolute Gasteiger partial charge is 0.504 e. The maximum absolute atomic E-state index is 13.6. The smallest absolute Gasteiger partial charge is 0.338 e. The lowest BCUT2D eigenvalue weighted by Gasteiger charge is -2.25. The van der Waals surface area contributed by atoms with Crippen LogP contribution in [0.3, 0.4) is 0 Å². The number of aromatic nitrogens is 1. The third-order valence-electron chi connectivity index (χ3n) is 5.43. The quantitative estimate of drug-likeness (QED) is 0.545.